The van der Waals surface area contributed by atoms with Crippen LogP contribution in [0, 0.1) is 12.7 Å². The second kappa shape index (κ2) is 8.69. The van der Waals surface area contributed by atoms with Crippen molar-refractivity contribution in [2.24, 2.45) is 0 Å². The number of hydrogen-bond acceptors (Lipinski definition) is 6. The zero-order valence-electron chi connectivity index (χ0n) is 18.6. The molecule has 0 amide bonds. The summed E-state index contributed by atoms with van der Waals surface area (Å²) in [5.74, 6) is -3.98. The molecule has 0 saturated carbocycles. The third-order valence-corrected chi connectivity index (χ3v) is 9.27. The third-order valence-electron chi connectivity index (χ3n) is 6.12. The Bertz CT molecular complexity index is 1240. The van der Waals surface area contributed by atoms with Crippen LogP contribution in [0.4, 0.5) is 19.0 Å². The van der Waals surface area contributed by atoms with Crippen molar-refractivity contribution >= 4 is 29.3 Å². The van der Waals surface area contributed by atoms with Gasteiger partial charge in [0.1, 0.15) is 36.1 Å². The molecule has 176 valence electrons. The maximum Gasteiger partial charge on any atom is 0.301 e. The molecule has 2 atom stereocenters. The Balaban J connectivity index is 1.74. The molecular formula is C23H26F3N4O2P. The van der Waals surface area contributed by atoms with Gasteiger partial charge in [0.15, 0.2) is 0 Å². The van der Waals surface area contributed by atoms with E-state index in [1.165, 1.54) is 12.1 Å². The van der Waals surface area contributed by atoms with E-state index in [9.17, 15) is 18.5 Å². The molecule has 1 aliphatic heterocycles. The highest BCUT2D eigenvalue weighted by atomic mass is 31.2. The summed E-state index contributed by atoms with van der Waals surface area (Å²) in [4.78, 5) is 13.2. The van der Waals surface area contributed by atoms with Gasteiger partial charge >= 0.3 is 5.92 Å². The van der Waals surface area contributed by atoms with Crippen LogP contribution in [0.2, 0.25) is 0 Å². The lowest BCUT2D eigenvalue weighted by Gasteiger charge is -2.23. The smallest absolute Gasteiger partial charge is 0.301 e. The Morgan fingerprint density at radius 3 is 2.55 bits per heavy atom. The average Bonchev–Trinajstić information content (AvgIpc) is 3.20. The SMILES string of the molecule is Cc1nc(N[C@H](C)c2cccc(C(F)(F)[C@@H](C)O)c2F)c2cc(P3(=O)CCCC3)ncc2n1. The minimum absolute atomic E-state index is 0.00936. The van der Waals surface area contributed by atoms with Gasteiger partial charge in [-0.25, -0.2) is 14.4 Å². The van der Waals surface area contributed by atoms with Crippen molar-refractivity contribution in [2.45, 2.75) is 51.7 Å². The first-order valence-electron chi connectivity index (χ1n) is 10.9. The Morgan fingerprint density at radius 1 is 1.18 bits per heavy atom. The van der Waals surface area contributed by atoms with E-state index in [1.807, 2.05) is 0 Å². The topological polar surface area (TPSA) is 88.0 Å². The molecule has 3 heterocycles. The summed E-state index contributed by atoms with van der Waals surface area (Å²) >= 11 is 0. The molecule has 0 bridgehead atoms. The number of rotatable bonds is 6. The van der Waals surface area contributed by atoms with Gasteiger partial charge in [0, 0.05) is 23.3 Å². The van der Waals surface area contributed by atoms with Crippen LogP contribution in [0.1, 0.15) is 49.7 Å². The van der Waals surface area contributed by atoms with Crippen LogP contribution in [0.25, 0.3) is 10.9 Å². The largest absolute Gasteiger partial charge is 0.387 e. The normalized spacial score (nSPS) is 17.8. The number of anilines is 1. The lowest BCUT2D eigenvalue weighted by atomic mass is 9.97. The van der Waals surface area contributed by atoms with E-state index >= 15 is 4.39 Å². The van der Waals surface area contributed by atoms with Crippen LogP contribution >= 0.6 is 7.14 Å². The molecule has 2 aromatic heterocycles. The number of pyridine rings is 1. The summed E-state index contributed by atoms with van der Waals surface area (Å²) in [6, 6.07) is 4.71. The van der Waals surface area contributed by atoms with Crippen LogP contribution < -0.4 is 10.8 Å². The number of nitrogens with one attached hydrogen (secondary N) is 1. The van der Waals surface area contributed by atoms with Crippen LogP contribution in [-0.4, -0.2) is 38.5 Å². The zero-order valence-corrected chi connectivity index (χ0v) is 19.5. The number of nitrogens with zero attached hydrogens (tertiary/aromatic N) is 3. The van der Waals surface area contributed by atoms with E-state index in [2.05, 4.69) is 20.3 Å². The second-order valence-corrected chi connectivity index (χ2v) is 11.7. The van der Waals surface area contributed by atoms with Gasteiger partial charge in [0.25, 0.3) is 0 Å². The van der Waals surface area contributed by atoms with Gasteiger partial charge in [-0.1, -0.05) is 12.1 Å². The molecule has 10 heteroatoms. The molecule has 1 fully saturated rings. The number of aromatic nitrogens is 3. The molecule has 3 aromatic rings. The summed E-state index contributed by atoms with van der Waals surface area (Å²) in [5.41, 5.74) is 0.218. The first-order valence-corrected chi connectivity index (χ1v) is 12.9. The molecule has 6 nitrogen and oxygen atoms in total. The lowest BCUT2D eigenvalue weighted by molar-refractivity contribution is -0.108. The summed E-state index contributed by atoms with van der Waals surface area (Å²) in [7, 11) is -2.55. The number of aliphatic hydroxyl groups is 1. The Kier molecular flexibility index (Phi) is 6.22. The van der Waals surface area contributed by atoms with E-state index < -0.39 is 36.6 Å². The fourth-order valence-electron chi connectivity index (χ4n) is 4.20. The standard InChI is InChI=1S/C23H26F3N4O2P/c1-13(16-7-6-8-18(21(16)24)23(25,26)14(2)31)28-22-17-11-20(33(32)9-4-5-10-33)27-12-19(17)29-15(3)30-22/h6-8,11-14,31H,4-5,9-10H2,1-3H3,(H,28,29,30)/t13-,14-/m1/s1. The van der Waals surface area contributed by atoms with Gasteiger partial charge < -0.3 is 15.0 Å². The molecule has 1 aromatic carbocycles. The first kappa shape index (κ1) is 23.6. The molecule has 2 N–H and O–H groups in total. The molecule has 1 aliphatic rings. The Morgan fingerprint density at radius 2 is 1.88 bits per heavy atom. The number of alkyl halides is 2. The van der Waals surface area contributed by atoms with E-state index in [0.29, 0.717) is 40.3 Å². The summed E-state index contributed by atoms with van der Waals surface area (Å²) in [6.07, 6.45) is 2.56. The maximum absolute atomic E-state index is 15.1. The fraction of sp³-hybridized carbons (Fsp3) is 0.435. The van der Waals surface area contributed by atoms with Crippen molar-refractivity contribution in [3.05, 3.63) is 53.2 Å². The Labute approximate surface area is 190 Å². The second-order valence-electron chi connectivity index (χ2n) is 8.60. The van der Waals surface area contributed by atoms with Crippen molar-refractivity contribution in [3.8, 4) is 0 Å². The highest BCUT2D eigenvalue weighted by Crippen LogP contribution is 2.50. The molecule has 4 rings (SSSR count). The molecule has 0 radical (unpaired) electrons. The number of halogens is 3. The average molecular weight is 478 g/mol. The van der Waals surface area contributed by atoms with E-state index in [4.69, 9.17) is 0 Å². The van der Waals surface area contributed by atoms with Gasteiger partial charge in [-0.2, -0.15) is 8.78 Å². The maximum atomic E-state index is 15.1. The van der Waals surface area contributed by atoms with E-state index in [0.717, 1.165) is 25.8 Å². The van der Waals surface area contributed by atoms with Crippen molar-refractivity contribution in [2.75, 3.05) is 17.6 Å². The number of aliphatic hydroxyl groups excluding tert-OH is 1. The minimum Gasteiger partial charge on any atom is -0.387 e. The summed E-state index contributed by atoms with van der Waals surface area (Å²) in [6.45, 7) is 4.25. The van der Waals surface area contributed by atoms with Crippen LogP contribution in [0.5, 0.6) is 0 Å². The van der Waals surface area contributed by atoms with Crippen molar-refractivity contribution < 1.29 is 22.8 Å². The highest BCUT2D eigenvalue weighted by Gasteiger charge is 2.40. The number of benzene rings is 1. The van der Waals surface area contributed by atoms with Crippen LogP contribution in [0.15, 0.2) is 30.5 Å². The zero-order chi connectivity index (χ0) is 24.0. The van der Waals surface area contributed by atoms with Crippen LogP contribution in [0.3, 0.4) is 0 Å². The number of fused-ring (bicyclic) bond motifs is 1. The molecular weight excluding hydrogens is 452 g/mol. The minimum atomic E-state index is -3.73. The predicted octanol–water partition coefficient (Wildman–Crippen LogP) is 4.90. The van der Waals surface area contributed by atoms with Gasteiger partial charge in [-0.3, -0.25) is 4.98 Å². The molecule has 0 spiro atoms. The third kappa shape index (κ3) is 4.36. The van der Waals surface area contributed by atoms with E-state index in [1.54, 1.807) is 26.1 Å². The molecule has 1 saturated heterocycles. The molecule has 0 aliphatic carbocycles. The quantitative estimate of drug-likeness (QED) is 0.490. The first-order chi connectivity index (χ1) is 15.5. The molecule has 0 unspecified atom stereocenters. The summed E-state index contributed by atoms with van der Waals surface area (Å²) < 4.78 is 57.0. The van der Waals surface area contributed by atoms with Crippen molar-refractivity contribution in [1.29, 1.82) is 0 Å². The van der Waals surface area contributed by atoms with Crippen LogP contribution in [-0.2, 0) is 10.5 Å². The van der Waals surface area contributed by atoms with Gasteiger partial charge in [-0.15, -0.1) is 0 Å². The van der Waals surface area contributed by atoms with Gasteiger partial charge in [-0.05, 0) is 45.7 Å². The van der Waals surface area contributed by atoms with Crippen molar-refractivity contribution in [1.82, 2.24) is 15.0 Å². The summed E-state index contributed by atoms with van der Waals surface area (Å²) in [5, 5.41) is 13.1. The highest BCUT2D eigenvalue weighted by molar-refractivity contribution is 7.71. The monoisotopic (exact) mass is 478 g/mol. The molecule has 33 heavy (non-hydrogen) atoms. The number of hydrogen-bond donors (Lipinski definition) is 2. The Hall–Kier alpha value is -2.51. The number of aryl methyl sites for hydroxylation is 1. The van der Waals surface area contributed by atoms with Gasteiger partial charge in [0.2, 0.25) is 0 Å². The lowest BCUT2D eigenvalue weighted by Crippen LogP contribution is -2.29. The fourth-order valence-corrected chi connectivity index (χ4v) is 6.98. The van der Waals surface area contributed by atoms with E-state index in [-0.39, 0.29) is 5.56 Å². The van der Waals surface area contributed by atoms with Crippen molar-refractivity contribution in [3.63, 3.8) is 0 Å². The van der Waals surface area contributed by atoms with Gasteiger partial charge in [0.05, 0.1) is 23.3 Å². The predicted molar refractivity (Wildman–Crippen MR) is 122 cm³/mol.